The number of aromatic amines is 1. The van der Waals surface area contributed by atoms with E-state index in [1.165, 1.54) is 4.90 Å². The molecule has 1 aromatic carbocycles. The minimum absolute atomic E-state index is 0.101. The summed E-state index contributed by atoms with van der Waals surface area (Å²) in [6.45, 7) is 4.90. The number of piperazine rings is 1. The van der Waals surface area contributed by atoms with Gasteiger partial charge in [-0.2, -0.15) is 18.3 Å². The summed E-state index contributed by atoms with van der Waals surface area (Å²) < 4.78 is 46.7. The van der Waals surface area contributed by atoms with Crippen molar-refractivity contribution in [2.45, 2.75) is 32.0 Å². The number of aromatic nitrogens is 3. The molecule has 0 spiro atoms. The van der Waals surface area contributed by atoms with Crippen LogP contribution < -0.4 is 20.1 Å². The van der Waals surface area contributed by atoms with Gasteiger partial charge < -0.3 is 19.4 Å². The zero-order chi connectivity index (χ0) is 27.6. The summed E-state index contributed by atoms with van der Waals surface area (Å²) in [6.07, 6.45) is -0.689. The summed E-state index contributed by atoms with van der Waals surface area (Å²) in [5.74, 6) is 1.24. The van der Waals surface area contributed by atoms with Crippen LogP contribution in [0.5, 0.6) is 5.75 Å². The van der Waals surface area contributed by atoms with Crippen LogP contribution >= 0.6 is 0 Å². The number of nitrogens with zero attached hydrogens (tertiary/aromatic N) is 5. The van der Waals surface area contributed by atoms with Crippen LogP contribution in [-0.4, -0.2) is 71.4 Å². The third kappa shape index (κ3) is 5.84. The molecule has 1 atom stereocenters. The third-order valence-corrected chi connectivity index (χ3v) is 7.12. The topological polar surface area (TPSA) is 94.7 Å². The lowest BCUT2D eigenvalue weighted by molar-refractivity contribution is -0.138. The van der Waals surface area contributed by atoms with E-state index >= 15 is 0 Å². The van der Waals surface area contributed by atoms with Crippen molar-refractivity contribution >= 4 is 17.4 Å². The van der Waals surface area contributed by atoms with Gasteiger partial charge in [0, 0.05) is 44.5 Å². The second-order valence-electron chi connectivity index (χ2n) is 9.76. The molecule has 1 unspecified atom stereocenters. The highest BCUT2D eigenvalue weighted by Crippen LogP contribution is 2.36. The number of rotatable bonds is 6. The van der Waals surface area contributed by atoms with Gasteiger partial charge in [0.05, 0.1) is 17.9 Å². The Morgan fingerprint density at radius 3 is 2.62 bits per heavy atom. The number of aryl methyl sites for hydroxylation is 1. The Hall–Kier alpha value is -4.09. The highest BCUT2D eigenvalue weighted by Gasteiger charge is 2.40. The van der Waals surface area contributed by atoms with Gasteiger partial charge in [-0.15, -0.1) is 0 Å². The Morgan fingerprint density at radius 1 is 1.10 bits per heavy atom. The Morgan fingerprint density at radius 2 is 1.90 bits per heavy atom. The molecular formula is C27H29F3N6O3. The fourth-order valence-corrected chi connectivity index (χ4v) is 5.09. The van der Waals surface area contributed by atoms with Crippen molar-refractivity contribution in [3.8, 4) is 5.75 Å². The number of alkyl halides is 3. The molecule has 2 aromatic heterocycles. The van der Waals surface area contributed by atoms with Crippen LogP contribution in [0.2, 0.25) is 0 Å². The SMILES string of the molecule is Cc1ccc(N2CCN(C(=O)c3cccc(OCC4CCCN4c4cn[nH]c(=O)c4C(F)(F)F)c3)CC2)nc1. The molecule has 206 valence electrons. The molecule has 5 rings (SSSR count). The molecule has 2 saturated heterocycles. The second kappa shape index (κ2) is 11.0. The smallest absolute Gasteiger partial charge is 0.423 e. The number of pyridine rings is 1. The summed E-state index contributed by atoms with van der Waals surface area (Å²) in [4.78, 5) is 35.0. The van der Waals surface area contributed by atoms with Crippen molar-refractivity contribution in [2.75, 3.05) is 49.1 Å². The van der Waals surface area contributed by atoms with Crippen molar-refractivity contribution in [2.24, 2.45) is 0 Å². The quantitative estimate of drug-likeness (QED) is 0.510. The summed E-state index contributed by atoms with van der Waals surface area (Å²) in [5.41, 5.74) is -1.20. The van der Waals surface area contributed by atoms with E-state index in [1.807, 2.05) is 30.4 Å². The first-order valence-electron chi connectivity index (χ1n) is 12.8. The minimum Gasteiger partial charge on any atom is -0.491 e. The van der Waals surface area contributed by atoms with E-state index in [1.54, 1.807) is 29.2 Å². The summed E-state index contributed by atoms with van der Waals surface area (Å²) in [7, 11) is 0. The molecule has 4 heterocycles. The van der Waals surface area contributed by atoms with E-state index in [0.717, 1.165) is 17.6 Å². The van der Waals surface area contributed by atoms with Gasteiger partial charge >= 0.3 is 6.18 Å². The largest absolute Gasteiger partial charge is 0.491 e. The molecule has 2 aliphatic rings. The monoisotopic (exact) mass is 542 g/mol. The molecule has 3 aromatic rings. The molecule has 0 saturated carbocycles. The fraction of sp³-hybridized carbons (Fsp3) is 0.407. The molecule has 2 fully saturated rings. The van der Waals surface area contributed by atoms with Gasteiger partial charge in [-0.05, 0) is 49.6 Å². The van der Waals surface area contributed by atoms with Gasteiger partial charge in [0.2, 0.25) is 0 Å². The molecule has 2 aliphatic heterocycles. The van der Waals surface area contributed by atoms with E-state index < -0.39 is 17.3 Å². The molecule has 12 heteroatoms. The van der Waals surface area contributed by atoms with Gasteiger partial charge in [0.25, 0.3) is 11.5 Å². The van der Waals surface area contributed by atoms with Crippen molar-refractivity contribution < 1.29 is 22.7 Å². The molecule has 0 bridgehead atoms. The number of H-pyrrole nitrogens is 1. The summed E-state index contributed by atoms with van der Waals surface area (Å²) >= 11 is 0. The molecule has 9 nitrogen and oxygen atoms in total. The van der Waals surface area contributed by atoms with Gasteiger partial charge in [0.15, 0.2) is 0 Å². The van der Waals surface area contributed by atoms with Gasteiger partial charge in [-0.1, -0.05) is 12.1 Å². The number of anilines is 2. The zero-order valence-corrected chi connectivity index (χ0v) is 21.4. The van der Waals surface area contributed by atoms with Gasteiger partial charge in [-0.3, -0.25) is 9.59 Å². The standard InChI is InChI=1S/C27H29F3N6O3/c1-18-7-8-23(31-15-18)34-10-12-35(13-11-34)26(38)19-4-2-6-21(14-19)39-17-20-5-3-9-36(20)22-16-32-33-25(37)24(22)27(28,29)30/h2,4,6-8,14-16,20H,3,5,9-13,17H2,1H3,(H,33,37). The van der Waals surface area contributed by atoms with Crippen molar-refractivity contribution in [1.29, 1.82) is 0 Å². The second-order valence-corrected chi connectivity index (χ2v) is 9.76. The zero-order valence-electron chi connectivity index (χ0n) is 21.4. The number of carbonyl (C=O) groups excluding carboxylic acids is 1. The maximum absolute atomic E-state index is 13.6. The number of benzene rings is 1. The average molecular weight is 543 g/mol. The van der Waals surface area contributed by atoms with Crippen molar-refractivity contribution in [3.63, 3.8) is 0 Å². The Labute approximate surface area is 223 Å². The number of nitrogens with one attached hydrogen (secondary N) is 1. The highest BCUT2D eigenvalue weighted by molar-refractivity contribution is 5.94. The molecule has 39 heavy (non-hydrogen) atoms. The predicted octanol–water partition coefficient (Wildman–Crippen LogP) is 3.50. The van der Waals surface area contributed by atoms with Crippen LogP contribution in [0.1, 0.15) is 34.3 Å². The van der Waals surface area contributed by atoms with Crippen LogP contribution in [-0.2, 0) is 6.18 Å². The first kappa shape index (κ1) is 26.5. The molecule has 0 aliphatic carbocycles. The lowest BCUT2D eigenvalue weighted by atomic mass is 10.1. The normalized spacial score (nSPS) is 17.9. The number of ether oxygens (including phenoxy) is 1. The van der Waals surface area contributed by atoms with Gasteiger partial charge in [0.1, 0.15) is 23.7 Å². The van der Waals surface area contributed by atoms with Crippen LogP contribution in [0.3, 0.4) is 0 Å². The van der Waals surface area contributed by atoms with Crippen LogP contribution in [0.15, 0.2) is 53.6 Å². The van der Waals surface area contributed by atoms with Crippen LogP contribution in [0.25, 0.3) is 0 Å². The maximum Gasteiger partial charge on any atom is 0.423 e. The number of halogens is 3. The Kier molecular flexibility index (Phi) is 7.45. The summed E-state index contributed by atoms with van der Waals surface area (Å²) in [5, 5.41) is 5.46. The fourth-order valence-electron chi connectivity index (χ4n) is 5.09. The number of amides is 1. The molecular weight excluding hydrogens is 513 g/mol. The first-order chi connectivity index (χ1) is 18.7. The lowest BCUT2D eigenvalue weighted by Crippen LogP contribution is -2.49. The Balaban J connectivity index is 1.22. The number of hydrogen-bond donors (Lipinski definition) is 1. The molecule has 1 N–H and O–H groups in total. The van der Waals surface area contributed by atoms with Crippen molar-refractivity contribution in [3.05, 3.63) is 75.8 Å². The number of carbonyl (C=O) groups is 1. The minimum atomic E-state index is -4.81. The highest BCUT2D eigenvalue weighted by atomic mass is 19.4. The van der Waals surface area contributed by atoms with Gasteiger partial charge in [-0.25, -0.2) is 10.1 Å². The first-order valence-corrected chi connectivity index (χ1v) is 12.8. The summed E-state index contributed by atoms with van der Waals surface area (Å²) in [6, 6.07) is 10.4. The van der Waals surface area contributed by atoms with Crippen LogP contribution in [0.4, 0.5) is 24.7 Å². The van der Waals surface area contributed by atoms with E-state index in [2.05, 4.69) is 15.0 Å². The van der Waals surface area contributed by atoms with E-state index in [9.17, 15) is 22.8 Å². The predicted molar refractivity (Wildman–Crippen MR) is 139 cm³/mol. The number of hydrogen-bond acceptors (Lipinski definition) is 7. The lowest BCUT2D eigenvalue weighted by Gasteiger charge is -2.35. The maximum atomic E-state index is 13.6. The molecule has 1 amide bonds. The average Bonchev–Trinajstić information content (AvgIpc) is 3.40. The van der Waals surface area contributed by atoms with E-state index in [4.69, 9.17) is 4.74 Å². The van der Waals surface area contributed by atoms with Crippen molar-refractivity contribution in [1.82, 2.24) is 20.1 Å². The van der Waals surface area contributed by atoms with E-state index in [-0.39, 0.29) is 24.2 Å². The third-order valence-electron chi connectivity index (χ3n) is 7.12. The van der Waals surface area contributed by atoms with E-state index in [0.29, 0.717) is 56.9 Å². The molecule has 0 radical (unpaired) electrons. The van der Waals surface area contributed by atoms with Crippen LogP contribution in [0, 0.1) is 6.92 Å². The Bertz CT molecular complexity index is 1370.